The molecule has 0 atom stereocenters. The van der Waals surface area contributed by atoms with Crippen LogP contribution in [0.3, 0.4) is 0 Å². The summed E-state index contributed by atoms with van der Waals surface area (Å²) in [6.45, 7) is 3.37. The molecule has 0 saturated carbocycles. The number of para-hydroxylation sites is 1. The topological polar surface area (TPSA) is 61.4 Å². The number of piperidine rings is 1. The predicted molar refractivity (Wildman–Crippen MR) is 107 cm³/mol. The third-order valence-electron chi connectivity index (χ3n) is 5.18. The van der Waals surface area contributed by atoms with E-state index in [1.807, 2.05) is 4.90 Å². The Hall–Kier alpha value is -2.80. The van der Waals surface area contributed by atoms with Crippen molar-refractivity contribution in [3.05, 3.63) is 65.2 Å². The SMILES string of the molecule is Cc1ccc(CNC(=O)C2CCN(CC(=O)Nc3ccccc3F)CC2)cc1F. The summed E-state index contributed by atoms with van der Waals surface area (Å²) >= 11 is 0. The van der Waals surface area contributed by atoms with Crippen molar-refractivity contribution in [2.75, 3.05) is 25.0 Å². The van der Waals surface area contributed by atoms with Gasteiger partial charge in [-0.05, 0) is 62.2 Å². The minimum Gasteiger partial charge on any atom is -0.352 e. The van der Waals surface area contributed by atoms with Gasteiger partial charge in [-0.3, -0.25) is 14.5 Å². The molecule has 7 heteroatoms. The van der Waals surface area contributed by atoms with Crippen LogP contribution in [0.4, 0.5) is 14.5 Å². The van der Waals surface area contributed by atoms with Crippen LogP contribution in [0.2, 0.25) is 0 Å². The molecule has 3 rings (SSSR count). The van der Waals surface area contributed by atoms with E-state index in [1.165, 1.54) is 18.2 Å². The van der Waals surface area contributed by atoms with Gasteiger partial charge in [0.15, 0.2) is 0 Å². The fourth-order valence-corrected chi connectivity index (χ4v) is 3.39. The highest BCUT2D eigenvalue weighted by Gasteiger charge is 2.26. The Balaban J connectivity index is 1.41. The summed E-state index contributed by atoms with van der Waals surface area (Å²) in [5.41, 5.74) is 1.47. The number of likely N-dealkylation sites (tertiary alicyclic amines) is 1. The van der Waals surface area contributed by atoms with Gasteiger partial charge in [0, 0.05) is 12.5 Å². The lowest BCUT2D eigenvalue weighted by atomic mass is 9.95. The van der Waals surface area contributed by atoms with Crippen molar-refractivity contribution < 1.29 is 18.4 Å². The van der Waals surface area contributed by atoms with E-state index in [0.29, 0.717) is 38.0 Å². The van der Waals surface area contributed by atoms with Gasteiger partial charge in [-0.25, -0.2) is 8.78 Å². The van der Waals surface area contributed by atoms with Gasteiger partial charge in [0.2, 0.25) is 11.8 Å². The van der Waals surface area contributed by atoms with Crippen molar-refractivity contribution in [2.24, 2.45) is 5.92 Å². The van der Waals surface area contributed by atoms with Crippen molar-refractivity contribution in [1.82, 2.24) is 10.2 Å². The second kappa shape index (κ2) is 9.60. The molecule has 0 aliphatic carbocycles. The molecule has 5 nitrogen and oxygen atoms in total. The molecule has 0 aromatic heterocycles. The summed E-state index contributed by atoms with van der Waals surface area (Å²) in [5.74, 6) is -1.21. The Labute approximate surface area is 169 Å². The first kappa shape index (κ1) is 20.9. The molecule has 29 heavy (non-hydrogen) atoms. The lowest BCUT2D eigenvalue weighted by molar-refractivity contribution is -0.126. The normalized spacial score (nSPS) is 15.1. The molecule has 1 fully saturated rings. The number of rotatable bonds is 6. The summed E-state index contributed by atoms with van der Waals surface area (Å²) in [6, 6.07) is 11.0. The first-order valence-electron chi connectivity index (χ1n) is 9.72. The molecule has 2 aromatic rings. The molecule has 1 aliphatic heterocycles. The van der Waals surface area contributed by atoms with Crippen LogP contribution in [0.15, 0.2) is 42.5 Å². The van der Waals surface area contributed by atoms with Crippen LogP contribution in [0.25, 0.3) is 0 Å². The number of amides is 2. The van der Waals surface area contributed by atoms with Crippen LogP contribution in [-0.4, -0.2) is 36.3 Å². The average Bonchev–Trinajstić information content (AvgIpc) is 2.71. The van der Waals surface area contributed by atoms with E-state index in [-0.39, 0.29) is 35.8 Å². The number of carbonyl (C=O) groups excluding carboxylic acids is 2. The number of nitrogens with zero attached hydrogens (tertiary/aromatic N) is 1. The number of carbonyl (C=O) groups is 2. The summed E-state index contributed by atoms with van der Waals surface area (Å²) < 4.78 is 27.2. The summed E-state index contributed by atoms with van der Waals surface area (Å²) in [5, 5.41) is 5.44. The van der Waals surface area contributed by atoms with Crippen LogP contribution in [0, 0.1) is 24.5 Å². The number of benzene rings is 2. The fourth-order valence-electron chi connectivity index (χ4n) is 3.39. The van der Waals surface area contributed by atoms with Crippen molar-refractivity contribution in [2.45, 2.75) is 26.3 Å². The number of anilines is 1. The molecule has 2 N–H and O–H groups in total. The number of aryl methyl sites for hydroxylation is 1. The van der Waals surface area contributed by atoms with Gasteiger partial charge in [-0.1, -0.05) is 24.3 Å². The maximum absolute atomic E-state index is 13.6. The highest BCUT2D eigenvalue weighted by Crippen LogP contribution is 2.18. The standard InChI is InChI=1S/C22H25F2N3O2/c1-15-6-7-16(12-19(15)24)13-25-22(29)17-8-10-27(11-9-17)14-21(28)26-20-5-3-2-4-18(20)23/h2-7,12,17H,8-11,13-14H2,1H3,(H,25,29)(H,26,28). The number of nitrogens with one attached hydrogen (secondary N) is 2. The van der Waals surface area contributed by atoms with E-state index < -0.39 is 5.82 Å². The van der Waals surface area contributed by atoms with Crippen LogP contribution in [0.5, 0.6) is 0 Å². The Morgan fingerprint density at radius 2 is 1.79 bits per heavy atom. The fraction of sp³-hybridized carbons (Fsp3) is 0.364. The molecule has 1 heterocycles. The van der Waals surface area contributed by atoms with E-state index in [4.69, 9.17) is 0 Å². The van der Waals surface area contributed by atoms with Gasteiger partial charge in [0.05, 0.1) is 12.2 Å². The smallest absolute Gasteiger partial charge is 0.238 e. The third-order valence-corrected chi connectivity index (χ3v) is 5.18. The van der Waals surface area contributed by atoms with Crippen molar-refractivity contribution in [3.63, 3.8) is 0 Å². The van der Waals surface area contributed by atoms with Gasteiger partial charge in [-0.15, -0.1) is 0 Å². The molecular weight excluding hydrogens is 376 g/mol. The molecule has 2 aromatic carbocycles. The predicted octanol–water partition coefficient (Wildman–Crippen LogP) is 3.24. The summed E-state index contributed by atoms with van der Waals surface area (Å²) in [4.78, 5) is 26.5. The third kappa shape index (κ3) is 5.84. The molecule has 154 valence electrons. The molecular formula is C22H25F2N3O2. The second-order valence-corrected chi connectivity index (χ2v) is 7.38. The number of halogens is 2. The van der Waals surface area contributed by atoms with E-state index in [0.717, 1.165) is 5.56 Å². The highest BCUT2D eigenvalue weighted by molar-refractivity contribution is 5.92. The van der Waals surface area contributed by atoms with Crippen molar-refractivity contribution in [1.29, 1.82) is 0 Å². The molecule has 1 saturated heterocycles. The molecule has 1 aliphatic rings. The maximum atomic E-state index is 13.6. The Kier molecular flexibility index (Phi) is 6.93. The molecule has 0 bridgehead atoms. The van der Waals surface area contributed by atoms with Gasteiger partial charge >= 0.3 is 0 Å². The van der Waals surface area contributed by atoms with Crippen LogP contribution < -0.4 is 10.6 Å². The highest BCUT2D eigenvalue weighted by atomic mass is 19.1. The summed E-state index contributed by atoms with van der Waals surface area (Å²) in [7, 11) is 0. The zero-order valence-corrected chi connectivity index (χ0v) is 16.4. The van der Waals surface area contributed by atoms with E-state index in [2.05, 4.69) is 10.6 Å². The van der Waals surface area contributed by atoms with Gasteiger partial charge in [0.25, 0.3) is 0 Å². The van der Waals surface area contributed by atoms with Gasteiger partial charge < -0.3 is 10.6 Å². The second-order valence-electron chi connectivity index (χ2n) is 7.38. The average molecular weight is 401 g/mol. The van der Waals surface area contributed by atoms with Crippen molar-refractivity contribution in [3.8, 4) is 0 Å². The molecule has 2 amide bonds. The van der Waals surface area contributed by atoms with Crippen LogP contribution >= 0.6 is 0 Å². The van der Waals surface area contributed by atoms with Crippen LogP contribution in [0.1, 0.15) is 24.0 Å². The first-order valence-corrected chi connectivity index (χ1v) is 9.72. The largest absolute Gasteiger partial charge is 0.352 e. The number of hydrogen-bond acceptors (Lipinski definition) is 3. The molecule has 0 spiro atoms. The van der Waals surface area contributed by atoms with Crippen molar-refractivity contribution >= 4 is 17.5 Å². The monoisotopic (exact) mass is 401 g/mol. The minimum atomic E-state index is -0.468. The zero-order valence-electron chi connectivity index (χ0n) is 16.4. The van der Waals surface area contributed by atoms with Gasteiger partial charge in [0.1, 0.15) is 11.6 Å². The maximum Gasteiger partial charge on any atom is 0.238 e. The van der Waals surface area contributed by atoms with Gasteiger partial charge in [-0.2, -0.15) is 0 Å². The van der Waals surface area contributed by atoms with E-state index >= 15 is 0 Å². The Morgan fingerprint density at radius 1 is 1.07 bits per heavy atom. The summed E-state index contributed by atoms with van der Waals surface area (Å²) in [6.07, 6.45) is 1.28. The zero-order chi connectivity index (χ0) is 20.8. The molecule has 0 radical (unpaired) electrons. The quantitative estimate of drug-likeness (QED) is 0.781. The first-order chi connectivity index (χ1) is 13.9. The van der Waals surface area contributed by atoms with E-state index in [9.17, 15) is 18.4 Å². The lowest BCUT2D eigenvalue weighted by Gasteiger charge is -2.30. The Bertz CT molecular complexity index is 880. The van der Waals surface area contributed by atoms with E-state index in [1.54, 1.807) is 31.2 Å². The number of hydrogen-bond donors (Lipinski definition) is 2. The lowest BCUT2D eigenvalue weighted by Crippen LogP contribution is -2.43. The molecule has 0 unspecified atom stereocenters. The minimum absolute atomic E-state index is 0.0542. The van der Waals surface area contributed by atoms with Crippen LogP contribution in [-0.2, 0) is 16.1 Å². The Morgan fingerprint density at radius 3 is 2.48 bits per heavy atom.